The van der Waals surface area contributed by atoms with Crippen LogP contribution in [-0.2, 0) is 14.8 Å². The summed E-state index contributed by atoms with van der Waals surface area (Å²) in [5.74, 6) is -1.37. The molecule has 1 aromatic carbocycles. The van der Waals surface area contributed by atoms with Gasteiger partial charge in [0.05, 0.1) is 6.61 Å². The maximum atomic E-state index is 14.0. The van der Waals surface area contributed by atoms with Gasteiger partial charge in [-0.05, 0) is 18.2 Å². The highest BCUT2D eigenvalue weighted by Crippen LogP contribution is 2.22. The van der Waals surface area contributed by atoms with E-state index in [1.807, 2.05) is 0 Å². The second kappa shape index (κ2) is 7.30. The van der Waals surface area contributed by atoms with Crippen molar-refractivity contribution in [2.24, 2.45) is 0 Å². The summed E-state index contributed by atoms with van der Waals surface area (Å²) in [7, 11) is -4.09. The molecular formula is C13H17FN2O4S. The summed E-state index contributed by atoms with van der Waals surface area (Å²) in [5, 5.41) is 11.3. The van der Waals surface area contributed by atoms with Gasteiger partial charge in [-0.3, -0.25) is 4.79 Å². The predicted molar refractivity (Wildman–Crippen MR) is 76.7 cm³/mol. The molecule has 0 fully saturated rings. The molecule has 21 heavy (non-hydrogen) atoms. The lowest BCUT2D eigenvalue weighted by molar-refractivity contribution is -0.114. The molecule has 0 atom stereocenters. The first-order valence-electron chi connectivity index (χ1n) is 6.12. The van der Waals surface area contributed by atoms with E-state index in [1.165, 1.54) is 19.1 Å². The standard InChI is InChI=1S/C13H17FN2O4S/c1-3-6-16(7-8-17)21(19,20)13-5-4-11(9-12(13)14)15-10(2)18/h3-5,9,17H,1,6-8H2,2H3,(H,15,18). The number of carbonyl (C=O) groups is 1. The molecule has 0 unspecified atom stereocenters. The van der Waals surface area contributed by atoms with E-state index >= 15 is 0 Å². The molecule has 1 aromatic rings. The number of halogens is 1. The lowest BCUT2D eigenvalue weighted by Crippen LogP contribution is -2.34. The zero-order chi connectivity index (χ0) is 16.0. The molecule has 1 amide bonds. The Labute approximate surface area is 122 Å². The Morgan fingerprint density at radius 2 is 2.19 bits per heavy atom. The summed E-state index contributed by atoms with van der Waals surface area (Å²) in [6.45, 7) is 4.09. The third-order valence-electron chi connectivity index (χ3n) is 2.55. The third kappa shape index (κ3) is 4.35. The largest absolute Gasteiger partial charge is 0.395 e. The van der Waals surface area contributed by atoms with E-state index in [2.05, 4.69) is 11.9 Å². The van der Waals surface area contributed by atoms with Crippen LogP contribution in [0.1, 0.15) is 6.92 Å². The van der Waals surface area contributed by atoms with Crippen molar-refractivity contribution in [3.63, 3.8) is 0 Å². The summed E-state index contributed by atoms with van der Waals surface area (Å²) < 4.78 is 39.5. The highest BCUT2D eigenvalue weighted by Gasteiger charge is 2.26. The average molecular weight is 316 g/mol. The van der Waals surface area contributed by atoms with Gasteiger partial charge in [-0.1, -0.05) is 6.08 Å². The lowest BCUT2D eigenvalue weighted by atomic mass is 10.3. The highest BCUT2D eigenvalue weighted by atomic mass is 32.2. The number of carbonyl (C=O) groups excluding carboxylic acids is 1. The minimum Gasteiger partial charge on any atom is -0.395 e. The van der Waals surface area contributed by atoms with E-state index in [1.54, 1.807) is 0 Å². The van der Waals surface area contributed by atoms with Gasteiger partial charge < -0.3 is 10.4 Å². The van der Waals surface area contributed by atoms with E-state index in [4.69, 9.17) is 5.11 Å². The van der Waals surface area contributed by atoms with Crippen LogP contribution in [0.4, 0.5) is 10.1 Å². The van der Waals surface area contributed by atoms with E-state index < -0.39 is 33.3 Å². The number of anilines is 1. The zero-order valence-corrected chi connectivity index (χ0v) is 12.4. The zero-order valence-electron chi connectivity index (χ0n) is 11.5. The van der Waals surface area contributed by atoms with Crippen LogP contribution in [0.2, 0.25) is 0 Å². The van der Waals surface area contributed by atoms with Gasteiger partial charge in [0.2, 0.25) is 15.9 Å². The van der Waals surface area contributed by atoms with Crippen molar-refractivity contribution in [1.29, 1.82) is 0 Å². The Morgan fingerprint density at radius 1 is 1.52 bits per heavy atom. The fourth-order valence-corrected chi connectivity index (χ4v) is 3.14. The second-order valence-corrected chi connectivity index (χ2v) is 6.11. The van der Waals surface area contributed by atoms with Gasteiger partial charge in [-0.2, -0.15) is 4.31 Å². The fraction of sp³-hybridized carbons (Fsp3) is 0.308. The number of benzene rings is 1. The maximum absolute atomic E-state index is 14.0. The third-order valence-corrected chi connectivity index (χ3v) is 4.45. The molecule has 0 aliphatic heterocycles. The average Bonchev–Trinajstić information content (AvgIpc) is 2.37. The topological polar surface area (TPSA) is 86.7 Å². The first kappa shape index (κ1) is 17.3. The molecule has 0 saturated heterocycles. The van der Waals surface area contributed by atoms with Crippen molar-refractivity contribution in [1.82, 2.24) is 4.31 Å². The van der Waals surface area contributed by atoms with Crippen molar-refractivity contribution < 1.29 is 22.7 Å². The Bertz CT molecular complexity index is 631. The predicted octanol–water partition coefficient (Wildman–Crippen LogP) is 0.953. The first-order chi connectivity index (χ1) is 9.82. The van der Waals surface area contributed by atoms with Crippen LogP contribution in [0, 0.1) is 5.82 Å². The molecule has 1 rings (SSSR count). The lowest BCUT2D eigenvalue weighted by Gasteiger charge is -2.20. The summed E-state index contributed by atoms with van der Waals surface area (Å²) in [4.78, 5) is 10.4. The van der Waals surface area contributed by atoms with Crippen LogP contribution in [0.5, 0.6) is 0 Å². The molecule has 0 heterocycles. The van der Waals surface area contributed by atoms with Crippen LogP contribution < -0.4 is 5.32 Å². The SMILES string of the molecule is C=CCN(CCO)S(=O)(=O)c1ccc(NC(C)=O)cc1F. The molecular weight excluding hydrogens is 299 g/mol. The molecule has 0 aliphatic rings. The Balaban J connectivity index is 3.18. The quantitative estimate of drug-likeness (QED) is 0.733. The van der Waals surface area contributed by atoms with Crippen molar-refractivity contribution >= 4 is 21.6 Å². The highest BCUT2D eigenvalue weighted by molar-refractivity contribution is 7.89. The smallest absolute Gasteiger partial charge is 0.246 e. The fourth-order valence-electron chi connectivity index (χ4n) is 1.70. The van der Waals surface area contributed by atoms with Crippen molar-refractivity contribution in [2.45, 2.75) is 11.8 Å². The number of rotatable bonds is 7. The number of nitrogens with one attached hydrogen (secondary N) is 1. The number of hydrogen-bond donors (Lipinski definition) is 2. The van der Waals surface area contributed by atoms with Crippen LogP contribution in [0.15, 0.2) is 35.7 Å². The summed E-state index contributed by atoms with van der Waals surface area (Å²) in [6, 6.07) is 3.30. The van der Waals surface area contributed by atoms with Gasteiger partial charge in [0.15, 0.2) is 0 Å². The van der Waals surface area contributed by atoms with E-state index in [0.29, 0.717) is 0 Å². The van der Waals surface area contributed by atoms with Gasteiger partial charge in [0, 0.05) is 25.7 Å². The molecule has 6 nitrogen and oxygen atoms in total. The molecule has 0 radical (unpaired) electrons. The van der Waals surface area contributed by atoms with Crippen LogP contribution in [0.25, 0.3) is 0 Å². The molecule has 0 spiro atoms. The monoisotopic (exact) mass is 316 g/mol. The van der Waals surface area contributed by atoms with Crippen LogP contribution in [0.3, 0.4) is 0 Å². The molecule has 2 N–H and O–H groups in total. The van der Waals surface area contributed by atoms with Crippen LogP contribution >= 0.6 is 0 Å². The minimum absolute atomic E-state index is 0.0459. The Morgan fingerprint density at radius 3 is 2.67 bits per heavy atom. The summed E-state index contributed by atoms with van der Waals surface area (Å²) in [5.41, 5.74) is 0.163. The maximum Gasteiger partial charge on any atom is 0.246 e. The number of hydrogen-bond acceptors (Lipinski definition) is 4. The number of nitrogens with zero attached hydrogens (tertiary/aromatic N) is 1. The molecule has 8 heteroatoms. The molecule has 0 bridgehead atoms. The van der Waals surface area contributed by atoms with E-state index in [9.17, 15) is 17.6 Å². The normalized spacial score (nSPS) is 11.4. The van der Waals surface area contributed by atoms with Gasteiger partial charge in [0.25, 0.3) is 0 Å². The number of aliphatic hydroxyl groups is 1. The van der Waals surface area contributed by atoms with Crippen LogP contribution in [-0.4, -0.2) is 43.4 Å². The second-order valence-electron chi connectivity index (χ2n) is 4.20. The number of amides is 1. The molecule has 0 aromatic heterocycles. The summed E-state index contributed by atoms with van der Waals surface area (Å²) >= 11 is 0. The van der Waals surface area contributed by atoms with Crippen molar-refractivity contribution in [2.75, 3.05) is 25.0 Å². The van der Waals surface area contributed by atoms with Gasteiger partial charge in [0.1, 0.15) is 10.7 Å². The van der Waals surface area contributed by atoms with Gasteiger partial charge in [-0.15, -0.1) is 6.58 Å². The van der Waals surface area contributed by atoms with Gasteiger partial charge in [-0.25, -0.2) is 12.8 Å². The minimum atomic E-state index is -4.09. The number of aliphatic hydroxyl groups excluding tert-OH is 1. The van der Waals surface area contributed by atoms with Crippen molar-refractivity contribution in [3.05, 3.63) is 36.7 Å². The number of sulfonamides is 1. The van der Waals surface area contributed by atoms with Gasteiger partial charge >= 0.3 is 0 Å². The molecule has 0 saturated carbocycles. The summed E-state index contributed by atoms with van der Waals surface area (Å²) in [6.07, 6.45) is 1.34. The first-order valence-corrected chi connectivity index (χ1v) is 7.56. The Hall–Kier alpha value is -1.77. The van der Waals surface area contributed by atoms with E-state index in [-0.39, 0.29) is 18.8 Å². The van der Waals surface area contributed by atoms with E-state index in [0.717, 1.165) is 16.4 Å². The molecule has 116 valence electrons. The molecule has 0 aliphatic carbocycles. The van der Waals surface area contributed by atoms with Crippen molar-refractivity contribution in [3.8, 4) is 0 Å². The Kier molecular flexibility index (Phi) is 6.01.